The summed E-state index contributed by atoms with van der Waals surface area (Å²) in [6.45, 7) is 6.16. The zero-order chi connectivity index (χ0) is 26.4. The van der Waals surface area contributed by atoms with E-state index >= 15 is 0 Å². The second-order valence-corrected chi connectivity index (χ2v) is 11.9. The minimum Gasteiger partial charge on any atom is -0.462 e. The Morgan fingerprint density at radius 1 is 0.973 bits per heavy atom. The lowest BCUT2D eigenvalue weighted by Crippen LogP contribution is -2.51. The maximum absolute atomic E-state index is 12.0. The number of nitrogens with zero attached hydrogens (tertiary/aromatic N) is 2. The van der Waals surface area contributed by atoms with Crippen molar-refractivity contribution in [1.82, 2.24) is 5.06 Å². The fraction of sp³-hybridized carbons (Fsp3) is 0.750. The highest BCUT2D eigenvalue weighted by Crippen LogP contribution is 2.65. The number of fused-ring (bicyclic) bond motifs is 5. The van der Waals surface area contributed by atoms with Gasteiger partial charge in [0.2, 0.25) is 6.61 Å². The summed E-state index contributed by atoms with van der Waals surface area (Å²) in [5.41, 5.74) is 2.42. The van der Waals surface area contributed by atoms with Gasteiger partial charge < -0.3 is 14.4 Å². The Morgan fingerprint density at radius 3 is 2.46 bits per heavy atom. The van der Waals surface area contributed by atoms with Gasteiger partial charge in [-0.3, -0.25) is 14.4 Å². The summed E-state index contributed by atoms with van der Waals surface area (Å²) < 4.78 is 5.91. The molecule has 0 aromatic rings. The first-order valence-corrected chi connectivity index (χ1v) is 13.8. The number of imide groups is 1. The third-order valence-corrected chi connectivity index (χ3v) is 10.0. The molecule has 3 saturated carbocycles. The highest BCUT2D eigenvalue weighted by Gasteiger charge is 2.59. The molecule has 9 nitrogen and oxygen atoms in total. The zero-order valence-corrected chi connectivity index (χ0v) is 22.1. The van der Waals surface area contributed by atoms with Gasteiger partial charge in [0, 0.05) is 24.7 Å². The molecule has 4 fully saturated rings. The number of oxime groups is 1. The molecule has 4 aliphatic carbocycles. The van der Waals surface area contributed by atoms with E-state index < -0.39 is 24.4 Å². The van der Waals surface area contributed by atoms with Crippen molar-refractivity contribution in [3.05, 3.63) is 11.6 Å². The molecule has 0 N–H and O–H groups in total. The molecule has 0 bridgehead atoms. The number of hydroxylamine groups is 2. The lowest BCUT2D eigenvalue weighted by atomic mass is 9.47. The van der Waals surface area contributed by atoms with Gasteiger partial charge in [0.15, 0.2) is 0 Å². The normalized spacial score (nSPS) is 38.0. The van der Waals surface area contributed by atoms with Crippen LogP contribution in [0.5, 0.6) is 0 Å². The Labute approximate surface area is 217 Å². The van der Waals surface area contributed by atoms with Gasteiger partial charge in [0.05, 0.1) is 5.71 Å². The van der Waals surface area contributed by atoms with Gasteiger partial charge in [-0.15, -0.1) is 5.06 Å². The van der Waals surface area contributed by atoms with Crippen LogP contribution in [0.15, 0.2) is 16.8 Å². The summed E-state index contributed by atoms with van der Waals surface area (Å²) in [6.07, 6.45) is 11.0. The van der Waals surface area contributed by atoms with E-state index in [1.54, 1.807) is 0 Å². The molecule has 202 valence electrons. The van der Waals surface area contributed by atoms with Crippen molar-refractivity contribution in [2.75, 3.05) is 6.61 Å². The molecule has 1 saturated heterocycles. The molecule has 0 spiro atoms. The fourth-order valence-electron chi connectivity index (χ4n) is 7.98. The maximum atomic E-state index is 12.0. The van der Waals surface area contributed by atoms with Crippen LogP contribution in [0, 0.1) is 28.6 Å². The third-order valence-electron chi connectivity index (χ3n) is 10.0. The first-order chi connectivity index (χ1) is 17.7. The van der Waals surface area contributed by atoms with Gasteiger partial charge in [-0.2, -0.15) is 0 Å². The van der Waals surface area contributed by atoms with E-state index in [0.717, 1.165) is 57.1 Å². The first-order valence-electron chi connectivity index (χ1n) is 13.8. The number of hydrogen-bond acceptors (Lipinski definition) is 8. The lowest BCUT2D eigenvalue weighted by Gasteiger charge is -2.58. The topological polar surface area (TPSA) is 112 Å². The van der Waals surface area contributed by atoms with Gasteiger partial charge in [0.25, 0.3) is 11.8 Å². The third kappa shape index (κ3) is 4.59. The largest absolute Gasteiger partial charge is 0.462 e. The van der Waals surface area contributed by atoms with Crippen LogP contribution in [0.2, 0.25) is 0 Å². The van der Waals surface area contributed by atoms with E-state index in [0.29, 0.717) is 29.2 Å². The van der Waals surface area contributed by atoms with Crippen molar-refractivity contribution in [3.63, 3.8) is 0 Å². The van der Waals surface area contributed by atoms with E-state index in [4.69, 9.17) is 14.4 Å². The summed E-state index contributed by atoms with van der Waals surface area (Å²) in [5.74, 6) is -0.0951. The summed E-state index contributed by atoms with van der Waals surface area (Å²) in [5, 5.41) is 4.69. The Kier molecular flexibility index (Phi) is 6.92. The first kappa shape index (κ1) is 25.9. The van der Waals surface area contributed by atoms with Crippen LogP contribution in [-0.4, -0.2) is 47.2 Å². The predicted octanol–water partition coefficient (Wildman–Crippen LogP) is 4.25. The van der Waals surface area contributed by atoms with Crippen LogP contribution >= 0.6 is 0 Å². The molecule has 6 atom stereocenters. The van der Waals surface area contributed by atoms with Gasteiger partial charge in [0.1, 0.15) is 6.10 Å². The van der Waals surface area contributed by atoms with E-state index in [2.05, 4.69) is 25.1 Å². The minimum absolute atomic E-state index is 0.0475. The molecular weight excluding hydrogens is 476 g/mol. The van der Waals surface area contributed by atoms with Crippen molar-refractivity contribution < 1.29 is 33.6 Å². The van der Waals surface area contributed by atoms with E-state index in [1.807, 2.05) is 6.92 Å². The Bertz CT molecular complexity index is 1040. The van der Waals surface area contributed by atoms with Gasteiger partial charge in [-0.1, -0.05) is 31.5 Å². The smallest absolute Gasteiger partial charge is 0.373 e. The van der Waals surface area contributed by atoms with Gasteiger partial charge in [-0.25, -0.2) is 4.79 Å². The average Bonchev–Trinajstić information content (AvgIpc) is 3.37. The molecule has 5 rings (SSSR count). The molecule has 2 amide bonds. The summed E-state index contributed by atoms with van der Waals surface area (Å²) in [6, 6.07) is 0. The molecular formula is C28H38N2O7. The second kappa shape index (κ2) is 9.87. The fourth-order valence-corrected chi connectivity index (χ4v) is 7.98. The molecule has 37 heavy (non-hydrogen) atoms. The Hall–Kier alpha value is -2.71. The standard InChI is InChI=1S/C28H38N2O7/c1-4-25(33)36-22-8-7-20-19-6-5-17-15-18(11-13-27(17,2)21(19)12-14-28(20,22)3)29-35-16-26(34)37-30-23(31)9-10-24(30)32/h15,19-22H,4-14,16H2,1-3H3/b29-18+/t19-,20-,21-,22-,27+,28+/m1/s1. The highest BCUT2D eigenvalue weighted by atomic mass is 16.7. The number of hydrogen-bond donors (Lipinski definition) is 0. The predicted molar refractivity (Wildman–Crippen MR) is 132 cm³/mol. The number of esters is 1. The quantitative estimate of drug-likeness (QED) is 0.296. The summed E-state index contributed by atoms with van der Waals surface area (Å²) in [7, 11) is 0. The second-order valence-electron chi connectivity index (χ2n) is 11.9. The van der Waals surface area contributed by atoms with Crippen molar-refractivity contribution in [2.45, 2.75) is 97.5 Å². The maximum Gasteiger partial charge on any atom is 0.373 e. The number of ether oxygens (including phenoxy) is 1. The number of allylic oxidation sites excluding steroid dienone is 2. The minimum atomic E-state index is -0.827. The molecule has 0 unspecified atom stereocenters. The zero-order valence-electron chi connectivity index (χ0n) is 22.1. The summed E-state index contributed by atoms with van der Waals surface area (Å²) in [4.78, 5) is 57.3. The molecule has 0 aromatic carbocycles. The van der Waals surface area contributed by atoms with Gasteiger partial charge in [-0.05, 0) is 80.6 Å². The van der Waals surface area contributed by atoms with Crippen LogP contribution in [0.1, 0.15) is 91.4 Å². The molecule has 1 heterocycles. The van der Waals surface area contributed by atoms with Crippen LogP contribution in [0.4, 0.5) is 0 Å². The van der Waals surface area contributed by atoms with Gasteiger partial charge >= 0.3 is 11.9 Å². The highest BCUT2D eigenvalue weighted by molar-refractivity contribution is 6.01. The SMILES string of the molecule is CCC(=O)O[C@@H]1CC[C@@H]2[C@H]3CCC4=C/C(=N/OCC(=O)ON5C(=O)CCC5=O)CC[C@]4(C)[C@@H]3CC[C@@]21C. The van der Waals surface area contributed by atoms with Crippen LogP contribution in [0.3, 0.4) is 0 Å². The number of carbonyl (C=O) groups is 4. The molecule has 5 aliphatic rings. The van der Waals surface area contributed by atoms with Crippen LogP contribution in [-0.2, 0) is 33.6 Å². The van der Waals surface area contributed by atoms with Crippen molar-refractivity contribution in [2.24, 2.45) is 33.7 Å². The molecule has 1 aliphatic heterocycles. The lowest BCUT2D eigenvalue weighted by molar-refractivity contribution is -0.200. The van der Waals surface area contributed by atoms with E-state index in [-0.39, 0.29) is 35.7 Å². The number of carbonyl (C=O) groups excluding carboxylic acids is 4. The van der Waals surface area contributed by atoms with E-state index in [1.165, 1.54) is 5.57 Å². The average molecular weight is 515 g/mol. The van der Waals surface area contributed by atoms with Crippen molar-refractivity contribution in [3.8, 4) is 0 Å². The van der Waals surface area contributed by atoms with Crippen LogP contribution < -0.4 is 0 Å². The monoisotopic (exact) mass is 514 g/mol. The molecule has 9 heteroatoms. The van der Waals surface area contributed by atoms with Crippen molar-refractivity contribution in [1.29, 1.82) is 0 Å². The number of amides is 2. The van der Waals surface area contributed by atoms with Crippen LogP contribution in [0.25, 0.3) is 0 Å². The molecule has 0 aromatic heterocycles. The summed E-state index contributed by atoms with van der Waals surface area (Å²) >= 11 is 0. The number of rotatable bonds is 6. The Morgan fingerprint density at radius 2 is 1.73 bits per heavy atom. The van der Waals surface area contributed by atoms with E-state index in [9.17, 15) is 19.2 Å². The van der Waals surface area contributed by atoms with Crippen molar-refractivity contribution >= 4 is 29.5 Å². The Balaban J connectivity index is 1.21. The molecule has 0 radical (unpaired) electrons.